The molecular formula is C27H31N3O5S2. The Hall–Kier alpha value is -3.21. The molecule has 0 aliphatic carbocycles. The minimum atomic E-state index is -3.59. The molecule has 1 fully saturated rings. The van der Waals surface area contributed by atoms with Gasteiger partial charge in [-0.05, 0) is 60.9 Å². The smallest absolute Gasteiger partial charge is 0.253 e. The number of sulfonamides is 2. The van der Waals surface area contributed by atoms with Gasteiger partial charge >= 0.3 is 0 Å². The first-order valence-electron chi connectivity index (χ1n) is 12.0. The van der Waals surface area contributed by atoms with E-state index < -0.39 is 20.0 Å². The third-order valence-corrected chi connectivity index (χ3v) is 9.51. The zero-order chi connectivity index (χ0) is 26.8. The first kappa shape index (κ1) is 26.8. The van der Waals surface area contributed by atoms with E-state index in [4.69, 9.17) is 0 Å². The lowest BCUT2D eigenvalue weighted by Gasteiger charge is -2.34. The maximum absolute atomic E-state index is 13.1. The Morgan fingerprint density at radius 3 is 2.05 bits per heavy atom. The van der Waals surface area contributed by atoms with Gasteiger partial charge in [0, 0.05) is 31.7 Å². The van der Waals surface area contributed by atoms with Gasteiger partial charge in [0.2, 0.25) is 20.0 Å². The number of hydrogen-bond donors (Lipinski definition) is 0. The van der Waals surface area contributed by atoms with Crippen molar-refractivity contribution in [1.29, 1.82) is 0 Å². The van der Waals surface area contributed by atoms with E-state index >= 15 is 0 Å². The monoisotopic (exact) mass is 541 g/mol. The van der Waals surface area contributed by atoms with Crippen LogP contribution in [0.2, 0.25) is 0 Å². The summed E-state index contributed by atoms with van der Waals surface area (Å²) >= 11 is 0. The van der Waals surface area contributed by atoms with Crippen molar-refractivity contribution in [1.82, 2.24) is 9.21 Å². The molecule has 1 aliphatic heterocycles. The van der Waals surface area contributed by atoms with E-state index in [9.17, 15) is 21.6 Å². The molecule has 0 N–H and O–H groups in total. The zero-order valence-electron chi connectivity index (χ0n) is 21.2. The van der Waals surface area contributed by atoms with Crippen LogP contribution in [0.1, 0.15) is 27.0 Å². The Morgan fingerprint density at radius 1 is 0.838 bits per heavy atom. The van der Waals surface area contributed by atoms with Gasteiger partial charge in [-0.1, -0.05) is 42.5 Å². The molecule has 0 atom stereocenters. The van der Waals surface area contributed by atoms with Crippen LogP contribution in [-0.4, -0.2) is 64.4 Å². The van der Waals surface area contributed by atoms with Crippen LogP contribution in [0.4, 0.5) is 5.69 Å². The lowest BCUT2D eigenvalue weighted by atomic mass is 10.1. The summed E-state index contributed by atoms with van der Waals surface area (Å²) < 4.78 is 53.6. The van der Waals surface area contributed by atoms with Crippen LogP contribution < -0.4 is 4.31 Å². The predicted octanol–water partition coefficient (Wildman–Crippen LogP) is 3.42. The third kappa shape index (κ3) is 6.03. The van der Waals surface area contributed by atoms with Crippen molar-refractivity contribution in [3.63, 3.8) is 0 Å². The molecule has 3 aromatic rings. The largest absolute Gasteiger partial charge is 0.336 e. The maximum Gasteiger partial charge on any atom is 0.253 e. The van der Waals surface area contributed by atoms with Crippen molar-refractivity contribution in [2.45, 2.75) is 25.3 Å². The fourth-order valence-corrected chi connectivity index (χ4v) is 6.72. The normalized spacial score (nSPS) is 14.9. The van der Waals surface area contributed by atoms with E-state index in [0.29, 0.717) is 24.3 Å². The zero-order valence-corrected chi connectivity index (χ0v) is 22.8. The average molecular weight is 542 g/mol. The molecule has 10 heteroatoms. The highest BCUT2D eigenvalue weighted by molar-refractivity contribution is 7.92. The molecule has 196 valence electrons. The lowest BCUT2D eigenvalue weighted by Crippen LogP contribution is -2.50. The van der Waals surface area contributed by atoms with Crippen molar-refractivity contribution in [3.8, 4) is 0 Å². The van der Waals surface area contributed by atoms with Gasteiger partial charge in [-0.3, -0.25) is 9.10 Å². The SMILES string of the molecule is Cc1ccc(C)c(N(Cc2ccc(C(=O)N3CCN(S(=O)(=O)c4ccccc4)CC3)cc2)S(C)(=O)=O)c1. The molecule has 37 heavy (non-hydrogen) atoms. The summed E-state index contributed by atoms with van der Waals surface area (Å²) in [6.45, 7) is 4.97. The summed E-state index contributed by atoms with van der Waals surface area (Å²) in [5.74, 6) is -0.183. The molecule has 1 saturated heterocycles. The summed E-state index contributed by atoms with van der Waals surface area (Å²) in [7, 11) is -7.12. The van der Waals surface area contributed by atoms with Crippen LogP contribution in [0.5, 0.6) is 0 Å². The van der Waals surface area contributed by atoms with Gasteiger partial charge in [0.05, 0.1) is 23.4 Å². The Bertz CT molecular complexity index is 1480. The van der Waals surface area contributed by atoms with E-state index in [1.54, 1.807) is 59.5 Å². The highest BCUT2D eigenvalue weighted by Gasteiger charge is 2.30. The Balaban J connectivity index is 1.44. The standard InChI is InChI=1S/C27H31N3O5S2/c1-21-9-10-22(2)26(19-21)30(36(3,32)33)20-23-11-13-24(14-12-23)27(31)28-15-17-29(18-16-28)37(34,35)25-7-5-4-6-8-25/h4-14,19H,15-18,20H2,1-3H3. The fourth-order valence-electron chi connectivity index (χ4n) is 4.34. The summed E-state index contributed by atoms with van der Waals surface area (Å²) in [4.78, 5) is 15.0. The van der Waals surface area contributed by atoms with Crippen LogP contribution in [0.15, 0.2) is 77.7 Å². The molecular weight excluding hydrogens is 510 g/mol. The van der Waals surface area contributed by atoms with Crippen LogP contribution in [0.3, 0.4) is 0 Å². The number of benzene rings is 3. The van der Waals surface area contributed by atoms with Gasteiger partial charge in [-0.15, -0.1) is 0 Å². The summed E-state index contributed by atoms with van der Waals surface area (Å²) in [5, 5.41) is 0. The summed E-state index contributed by atoms with van der Waals surface area (Å²) in [6, 6.07) is 20.9. The van der Waals surface area contributed by atoms with Crippen LogP contribution >= 0.6 is 0 Å². The second kappa shape index (κ2) is 10.6. The molecule has 1 heterocycles. The van der Waals surface area contributed by atoms with Gasteiger partial charge in [0.15, 0.2) is 0 Å². The molecule has 0 saturated carbocycles. The molecule has 3 aromatic carbocycles. The molecule has 1 aliphatic rings. The van der Waals surface area contributed by atoms with Gasteiger partial charge < -0.3 is 4.90 Å². The third-order valence-electron chi connectivity index (χ3n) is 6.47. The molecule has 0 bridgehead atoms. The second-order valence-corrected chi connectivity index (χ2v) is 13.1. The lowest BCUT2D eigenvalue weighted by molar-refractivity contribution is 0.0698. The van der Waals surface area contributed by atoms with Gasteiger partial charge in [0.25, 0.3) is 5.91 Å². The van der Waals surface area contributed by atoms with E-state index in [1.165, 1.54) is 14.9 Å². The van der Waals surface area contributed by atoms with Crippen molar-refractivity contribution < 1.29 is 21.6 Å². The highest BCUT2D eigenvalue weighted by Crippen LogP contribution is 2.26. The molecule has 0 radical (unpaired) electrons. The first-order chi connectivity index (χ1) is 17.5. The molecule has 0 aromatic heterocycles. The van der Waals surface area contributed by atoms with Gasteiger partial charge in [-0.2, -0.15) is 4.31 Å². The number of rotatable bonds is 7. The topological polar surface area (TPSA) is 95.1 Å². The van der Waals surface area contributed by atoms with E-state index in [-0.39, 0.29) is 30.4 Å². The Labute approximate surface area is 219 Å². The summed E-state index contributed by atoms with van der Waals surface area (Å²) in [6.07, 6.45) is 1.18. The van der Waals surface area contributed by atoms with Crippen molar-refractivity contribution in [3.05, 3.63) is 95.1 Å². The molecule has 4 rings (SSSR count). The number of hydrogen-bond acceptors (Lipinski definition) is 5. The quantitative estimate of drug-likeness (QED) is 0.457. The number of amides is 1. The predicted molar refractivity (Wildman–Crippen MR) is 144 cm³/mol. The Morgan fingerprint density at radius 2 is 1.46 bits per heavy atom. The Kier molecular flexibility index (Phi) is 7.72. The van der Waals surface area contributed by atoms with Crippen molar-refractivity contribution in [2.24, 2.45) is 0 Å². The van der Waals surface area contributed by atoms with Crippen LogP contribution in [-0.2, 0) is 26.6 Å². The minimum Gasteiger partial charge on any atom is -0.336 e. The fraction of sp³-hybridized carbons (Fsp3) is 0.296. The van der Waals surface area contributed by atoms with Crippen LogP contribution in [0.25, 0.3) is 0 Å². The maximum atomic E-state index is 13.1. The van der Waals surface area contributed by atoms with Gasteiger partial charge in [0.1, 0.15) is 0 Å². The minimum absolute atomic E-state index is 0.146. The first-order valence-corrected chi connectivity index (χ1v) is 15.2. The second-order valence-electron chi connectivity index (χ2n) is 9.27. The molecule has 0 unspecified atom stereocenters. The van der Waals surface area contributed by atoms with Gasteiger partial charge in [-0.25, -0.2) is 16.8 Å². The number of anilines is 1. The molecule has 1 amide bonds. The number of nitrogens with zero attached hydrogens (tertiary/aromatic N) is 3. The van der Waals surface area contributed by atoms with Crippen molar-refractivity contribution >= 4 is 31.6 Å². The summed E-state index contributed by atoms with van der Waals surface area (Å²) in [5.41, 5.74) is 3.68. The average Bonchev–Trinajstić information content (AvgIpc) is 2.89. The van der Waals surface area contributed by atoms with Crippen LogP contribution in [0, 0.1) is 13.8 Å². The van der Waals surface area contributed by atoms with E-state index in [2.05, 4.69) is 0 Å². The van der Waals surface area contributed by atoms with Crippen molar-refractivity contribution in [2.75, 3.05) is 36.7 Å². The highest BCUT2D eigenvalue weighted by atomic mass is 32.2. The van der Waals surface area contributed by atoms with E-state index in [1.807, 2.05) is 32.0 Å². The number of aryl methyl sites for hydroxylation is 2. The molecule has 0 spiro atoms. The number of piperazine rings is 1. The molecule has 8 nitrogen and oxygen atoms in total. The number of carbonyl (C=O) groups is 1. The van der Waals surface area contributed by atoms with E-state index in [0.717, 1.165) is 16.7 Å². The number of carbonyl (C=O) groups excluding carboxylic acids is 1.